The Balaban J connectivity index is 1.78. The minimum atomic E-state index is -0.506. The zero-order chi connectivity index (χ0) is 22.2. The molecule has 3 rings (SSSR count). The lowest BCUT2D eigenvalue weighted by atomic mass is 10.2. The van der Waals surface area contributed by atoms with Crippen LogP contribution in [0.2, 0.25) is 0 Å². The summed E-state index contributed by atoms with van der Waals surface area (Å²) in [7, 11) is 0. The van der Waals surface area contributed by atoms with Gasteiger partial charge in [-0.1, -0.05) is 6.92 Å². The van der Waals surface area contributed by atoms with E-state index in [9.17, 15) is 14.5 Å². The van der Waals surface area contributed by atoms with Gasteiger partial charge in [0.05, 0.1) is 30.0 Å². The van der Waals surface area contributed by atoms with Gasteiger partial charge in [0.25, 0.3) is 0 Å². The third-order valence-corrected chi connectivity index (χ3v) is 4.77. The molecule has 2 aromatic carbocycles. The standard InChI is InChI=1S/C21H21FN4O4S/c1-3-9-30-20-18(26(27)28)10-14(11-19(20)29-4-2)12-23-25-21-24-17(13-31-21)15-5-7-16(22)8-6-15/h5-8,10-13H,3-4,9H2,1-2H3,(H,24,25)/b23-12-. The zero-order valence-corrected chi connectivity index (χ0v) is 17.8. The number of ether oxygens (including phenoxy) is 2. The van der Waals surface area contributed by atoms with Crippen LogP contribution < -0.4 is 14.9 Å². The molecule has 0 saturated carbocycles. The van der Waals surface area contributed by atoms with Crippen LogP contribution >= 0.6 is 11.3 Å². The van der Waals surface area contributed by atoms with Crippen molar-refractivity contribution in [2.75, 3.05) is 18.6 Å². The number of hydrogen-bond acceptors (Lipinski definition) is 8. The minimum absolute atomic E-state index is 0.114. The Kier molecular flexibility index (Phi) is 7.50. The van der Waals surface area contributed by atoms with Gasteiger partial charge in [-0.3, -0.25) is 15.5 Å². The summed E-state index contributed by atoms with van der Waals surface area (Å²) >= 11 is 1.33. The second kappa shape index (κ2) is 10.5. The summed E-state index contributed by atoms with van der Waals surface area (Å²) in [5.41, 5.74) is 4.57. The maximum absolute atomic E-state index is 13.1. The predicted octanol–water partition coefficient (Wildman–Crippen LogP) is 5.49. The lowest BCUT2D eigenvalue weighted by Crippen LogP contribution is -2.04. The summed E-state index contributed by atoms with van der Waals surface area (Å²) in [4.78, 5) is 15.4. The Morgan fingerprint density at radius 2 is 2.03 bits per heavy atom. The molecule has 0 aliphatic heterocycles. The molecular formula is C21H21FN4O4S. The number of hydrazone groups is 1. The average Bonchev–Trinajstić information content (AvgIpc) is 3.22. The lowest BCUT2D eigenvalue weighted by molar-refractivity contribution is -0.386. The number of nitrogens with one attached hydrogen (secondary N) is 1. The lowest BCUT2D eigenvalue weighted by Gasteiger charge is -2.12. The largest absolute Gasteiger partial charge is 0.490 e. The molecule has 1 aromatic heterocycles. The number of aromatic nitrogens is 1. The van der Waals surface area contributed by atoms with Crippen molar-refractivity contribution in [2.45, 2.75) is 20.3 Å². The molecular weight excluding hydrogens is 423 g/mol. The highest BCUT2D eigenvalue weighted by atomic mass is 32.1. The van der Waals surface area contributed by atoms with E-state index in [0.29, 0.717) is 41.8 Å². The molecule has 0 spiro atoms. The van der Waals surface area contributed by atoms with Crippen LogP contribution in [0.1, 0.15) is 25.8 Å². The number of anilines is 1. The van der Waals surface area contributed by atoms with Crippen molar-refractivity contribution in [1.29, 1.82) is 0 Å². The molecule has 31 heavy (non-hydrogen) atoms. The Morgan fingerprint density at radius 3 is 2.71 bits per heavy atom. The Bertz CT molecular complexity index is 1070. The van der Waals surface area contributed by atoms with E-state index in [4.69, 9.17) is 9.47 Å². The molecule has 0 aliphatic rings. The highest BCUT2D eigenvalue weighted by Crippen LogP contribution is 2.38. The smallest absolute Gasteiger partial charge is 0.315 e. The van der Waals surface area contributed by atoms with Gasteiger partial charge in [0.2, 0.25) is 10.9 Å². The molecule has 0 fully saturated rings. The number of rotatable bonds is 10. The van der Waals surface area contributed by atoms with Crippen LogP contribution in [-0.2, 0) is 0 Å². The molecule has 162 valence electrons. The van der Waals surface area contributed by atoms with Crippen LogP contribution in [0.4, 0.5) is 15.2 Å². The third kappa shape index (κ3) is 5.76. The fraction of sp³-hybridized carbons (Fsp3) is 0.238. The van der Waals surface area contributed by atoms with Gasteiger partial charge in [-0.2, -0.15) is 5.10 Å². The molecule has 10 heteroatoms. The second-order valence-electron chi connectivity index (χ2n) is 6.32. The monoisotopic (exact) mass is 444 g/mol. The molecule has 0 atom stereocenters. The average molecular weight is 444 g/mol. The van der Waals surface area contributed by atoms with Crippen LogP contribution in [0.3, 0.4) is 0 Å². The first-order valence-corrected chi connectivity index (χ1v) is 10.5. The van der Waals surface area contributed by atoms with Gasteiger partial charge in [0, 0.05) is 22.6 Å². The summed E-state index contributed by atoms with van der Waals surface area (Å²) in [6, 6.07) is 9.05. The van der Waals surface area contributed by atoms with Gasteiger partial charge in [-0.25, -0.2) is 9.37 Å². The highest BCUT2D eigenvalue weighted by molar-refractivity contribution is 7.14. The van der Waals surface area contributed by atoms with E-state index in [0.717, 1.165) is 5.56 Å². The summed E-state index contributed by atoms with van der Waals surface area (Å²) in [6.07, 6.45) is 2.15. The molecule has 0 unspecified atom stereocenters. The van der Waals surface area contributed by atoms with E-state index in [1.165, 1.54) is 35.8 Å². The van der Waals surface area contributed by atoms with Crippen molar-refractivity contribution < 1.29 is 18.8 Å². The number of nitro groups is 1. The first-order valence-electron chi connectivity index (χ1n) is 9.60. The van der Waals surface area contributed by atoms with Crippen LogP contribution in [0, 0.1) is 15.9 Å². The SMILES string of the molecule is CCCOc1c(OCC)cc(/C=N\Nc2nc(-c3ccc(F)cc3)cs2)cc1[N+](=O)[O-]. The van der Waals surface area contributed by atoms with Crippen molar-refractivity contribution in [1.82, 2.24) is 4.98 Å². The highest BCUT2D eigenvalue weighted by Gasteiger charge is 2.22. The predicted molar refractivity (Wildman–Crippen MR) is 119 cm³/mol. The number of thiazole rings is 1. The third-order valence-electron chi connectivity index (χ3n) is 4.02. The zero-order valence-electron chi connectivity index (χ0n) is 17.0. The van der Waals surface area contributed by atoms with Gasteiger partial charge < -0.3 is 9.47 Å². The topological polar surface area (TPSA) is 98.9 Å². The summed E-state index contributed by atoms with van der Waals surface area (Å²) in [5, 5.41) is 18.0. The molecule has 1 heterocycles. The second-order valence-corrected chi connectivity index (χ2v) is 7.18. The fourth-order valence-corrected chi connectivity index (χ4v) is 3.34. The molecule has 0 radical (unpaired) electrons. The van der Waals surface area contributed by atoms with Crippen molar-refractivity contribution in [3.05, 3.63) is 63.3 Å². The number of hydrogen-bond donors (Lipinski definition) is 1. The number of nitrogens with zero attached hydrogens (tertiary/aromatic N) is 3. The molecule has 1 N–H and O–H groups in total. The van der Waals surface area contributed by atoms with Gasteiger partial charge in [0.1, 0.15) is 5.82 Å². The molecule has 0 amide bonds. The fourth-order valence-electron chi connectivity index (χ4n) is 2.67. The maximum Gasteiger partial charge on any atom is 0.315 e. The van der Waals surface area contributed by atoms with Crippen LogP contribution in [0.15, 0.2) is 46.9 Å². The number of benzene rings is 2. The van der Waals surface area contributed by atoms with Gasteiger partial charge in [-0.15, -0.1) is 11.3 Å². The van der Waals surface area contributed by atoms with Crippen molar-refractivity contribution in [3.63, 3.8) is 0 Å². The van der Waals surface area contributed by atoms with Gasteiger partial charge in [-0.05, 0) is 43.7 Å². The van der Waals surface area contributed by atoms with E-state index < -0.39 is 4.92 Å². The molecule has 0 bridgehead atoms. The summed E-state index contributed by atoms with van der Waals surface area (Å²) < 4.78 is 24.2. The van der Waals surface area contributed by atoms with Crippen LogP contribution in [0.5, 0.6) is 11.5 Å². The normalized spacial score (nSPS) is 10.9. The minimum Gasteiger partial charge on any atom is -0.490 e. The maximum atomic E-state index is 13.1. The van der Waals surface area contributed by atoms with E-state index in [2.05, 4.69) is 15.5 Å². The first kappa shape index (κ1) is 22.2. The quantitative estimate of drug-likeness (QED) is 0.252. The van der Waals surface area contributed by atoms with Crippen molar-refractivity contribution in [2.24, 2.45) is 5.10 Å². The van der Waals surface area contributed by atoms with E-state index in [-0.39, 0.29) is 17.3 Å². The molecule has 0 saturated heterocycles. The first-order chi connectivity index (χ1) is 15.0. The van der Waals surface area contributed by atoms with Crippen LogP contribution in [0.25, 0.3) is 11.3 Å². The molecule has 8 nitrogen and oxygen atoms in total. The Hall–Kier alpha value is -3.53. The van der Waals surface area contributed by atoms with Gasteiger partial charge in [0.15, 0.2) is 5.75 Å². The Labute approximate surface area is 182 Å². The number of halogens is 1. The Morgan fingerprint density at radius 1 is 1.26 bits per heavy atom. The summed E-state index contributed by atoms with van der Waals surface area (Å²) in [5.74, 6) is 0.0932. The van der Waals surface area contributed by atoms with E-state index >= 15 is 0 Å². The molecule has 0 aliphatic carbocycles. The van der Waals surface area contributed by atoms with Crippen molar-refractivity contribution >= 4 is 28.4 Å². The van der Waals surface area contributed by atoms with E-state index in [1.54, 1.807) is 25.1 Å². The van der Waals surface area contributed by atoms with Crippen molar-refractivity contribution in [3.8, 4) is 22.8 Å². The number of nitro benzene ring substituents is 1. The summed E-state index contributed by atoms with van der Waals surface area (Å²) in [6.45, 7) is 4.39. The molecule has 3 aromatic rings. The van der Waals surface area contributed by atoms with E-state index in [1.807, 2.05) is 12.3 Å². The van der Waals surface area contributed by atoms with Crippen LogP contribution in [-0.4, -0.2) is 29.3 Å². The van der Waals surface area contributed by atoms with Gasteiger partial charge >= 0.3 is 5.69 Å².